The maximum Gasteiger partial charge on any atom is 0.258 e. The average Bonchev–Trinajstić information content (AvgIpc) is 3.42. The highest BCUT2D eigenvalue weighted by atomic mass is 16.5. The van der Waals surface area contributed by atoms with Gasteiger partial charge in [-0.25, -0.2) is 4.68 Å². The van der Waals surface area contributed by atoms with Crippen LogP contribution in [0.3, 0.4) is 0 Å². The number of nitrogens with zero attached hydrogens (tertiary/aromatic N) is 6. The predicted molar refractivity (Wildman–Crippen MR) is 96.9 cm³/mol. The van der Waals surface area contributed by atoms with Gasteiger partial charge in [-0.2, -0.15) is 0 Å². The monoisotopic (exact) mass is 386 g/mol. The summed E-state index contributed by atoms with van der Waals surface area (Å²) in [5, 5.41) is 21.2. The van der Waals surface area contributed by atoms with Crippen LogP contribution >= 0.6 is 0 Å². The summed E-state index contributed by atoms with van der Waals surface area (Å²) in [7, 11) is 0. The Hall–Kier alpha value is -3.01. The van der Waals surface area contributed by atoms with Crippen molar-refractivity contribution in [2.24, 2.45) is 0 Å². The summed E-state index contributed by atoms with van der Waals surface area (Å²) in [5.41, 5.74) is 0.706. The van der Waals surface area contributed by atoms with Crippen molar-refractivity contribution in [1.29, 1.82) is 0 Å². The molecule has 2 amide bonds. The van der Waals surface area contributed by atoms with Crippen molar-refractivity contribution >= 4 is 11.8 Å². The van der Waals surface area contributed by atoms with Crippen LogP contribution in [0, 0.1) is 0 Å². The molecule has 2 aliphatic rings. The third-order valence-corrected chi connectivity index (χ3v) is 5.18. The number of aromatic nitrogens is 4. The Morgan fingerprint density at radius 2 is 2.04 bits per heavy atom. The molecule has 1 atom stereocenters. The number of tetrazole rings is 1. The molecule has 10 nitrogen and oxygen atoms in total. The van der Waals surface area contributed by atoms with Crippen molar-refractivity contribution < 1.29 is 19.4 Å². The molecule has 2 aromatic rings. The Balaban J connectivity index is 1.55. The molecule has 0 spiro atoms. The lowest BCUT2D eigenvalue weighted by molar-refractivity contribution is -0.132. The largest absolute Gasteiger partial charge is 0.507 e. The van der Waals surface area contributed by atoms with Crippen LogP contribution in [0.25, 0.3) is 5.69 Å². The third-order valence-electron chi connectivity index (χ3n) is 5.18. The van der Waals surface area contributed by atoms with Gasteiger partial charge in [0.1, 0.15) is 12.1 Å². The molecule has 28 heavy (non-hydrogen) atoms. The summed E-state index contributed by atoms with van der Waals surface area (Å²) in [5.74, 6) is -0.426. The fraction of sp³-hybridized carbons (Fsp3) is 0.500. The number of ether oxygens (including phenoxy) is 1. The van der Waals surface area contributed by atoms with Gasteiger partial charge in [0.25, 0.3) is 5.91 Å². The number of carbonyl (C=O) groups excluding carboxylic acids is 2. The van der Waals surface area contributed by atoms with E-state index in [-0.39, 0.29) is 35.6 Å². The van der Waals surface area contributed by atoms with Gasteiger partial charge in [0, 0.05) is 26.1 Å². The van der Waals surface area contributed by atoms with Gasteiger partial charge in [0.05, 0.1) is 30.5 Å². The Morgan fingerprint density at radius 1 is 1.21 bits per heavy atom. The zero-order chi connectivity index (χ0) is 19.5. The molecular formula is C18H22N6O4. The first kappa shape index (κ1) is 18.4. The number of benzene rings is 1. The lowest BCUT2D eigenvalue weighted by Gasteiger charge is -2.36. The number of amides is 2. The Kier molecular flexibility index (Phi) is 5.20. The standard InChI is InChI=1S/C18H22N6O4/c25-16-4-3-13(24-12-19-20-21-24)9-15(16)18(27)23-7-8-28-11-14(23)10-17(26)22-5-1-2-6-22/h3-4,9,12,14,25H,1-2,5-8,10-11H2/t14-/m1/s1. The first-order chi connectivity index (χ1) is 13.6. The van der Waals surface area contributed by atoms with E-state index in [0.717, 1.165) is 25.9 Å². The lowest BCUT2D eigenvalue weighted by atomic mass is 10.1. The zero-order valence-electron chi connectivity index (χ0n) is 15.4. The van der Waals surface area contributed by atoms with E-state index in [1.165, 1.54) is 17.1 Å². The van der Waals surface area contributed by atoms with Gasteiger partial charge >= 0.3 is 0 Å². The van der Waals surface area contributed by atoms with Crippen LogP contribution in [0.15, 0.2) is 24.5 Å². The van der Waals surface area contributed by atoms with E-state index >= 15 is 0 Å². The molecule has 2 aliphatic heterocycles. The van der Waals surface area contributed by atoms with Crippen molar-refractivity contribution in [1.82, 2.24) is 30.0 Å². The summed E-state index contributed by atoms with van der Waals surface area (Å²) in [4.78, 5) is 29.2. The van der Waals surface area contributed by atoms with E-state index < -0.39 is 0 Å². The summed E-state index contributed by atoms with van der Waals surface area (Å²) in [6.45, 7) is 2.61. The van der Waals surface area contributed by atoms with Gasteiger partial charge in [-0.1, -0.05) is 0 Å². The number of phenolic OH excluding ortho intramolecular Hbond substituents is 1. The third kappa shape index (κ3) is 3.68. The number of morpholine rings is 1. The Bertz CT molecular complexity index is 850. The number of hydrogen-bond acceptors (Lipinski definition) is 7. The quantitative estimate of drug-likeness (QED) is 0.800. The molecule has 0 bridgehead atoms. The zero-order valence-corrected chi connectivity index (χ0v) is 15.4. The van der Waals surface area contributed by atoms with E-state index in [0.29, 0.717) is 25.4 Å². The first-order valence-corrected chi connectivity index (χ1v) is 9.36. The second-order valence-electron chi connectivity index (χ2n) is 6.98. The number of hydrogen-bond donors (Lipinski definition) is 1. The van der Waals surface area contributed by atoms with Crippen molar-refractivity contribution in [2.75, 3.05) is 32.8 Å². The SMILES string of the molecule is O=C(C[C@@H]1COCCN1C(=O)c1cc(-n2cnnn2)ccc1O)N1CCCC1. The van der Waals surface area contributed by atoms with Gasteiger partial charge < -0.3 is 19.6 Å². The van der Waals surface area contributed by atoms with Crippen LogP contribution < -0.4 is 0 Å². The highest BCUT2D eigenvalue weighted by molar-refractivity contribution is 5.98. The minimum absolute atomic E-state index is 0.0393. The van der Waals surface area contributed by atoms with E-state index in [1.54, 1.807) is 17.0 Å². The van der Waals surface area contributed by atoms with Crippen LogP contribution in [-0.2, 0) is 9.53 Å². The predicted octanol–water partition coefficient (Wildman–Crippen LogP) is 0.221. The molecule has 10 heteroatoms. The van der Waals surface area contributed by atoms with E-state index in [1.807, 2.05) is 4.90 Å². The smallest absolute Gasteiger partial charge is 0.258 e. The van der Waals surface area contributed by atoms with E-state index in [4.69, 9.17) is 4.74 Å². The van der Waals surface area contributed by atoms with Crippen molar-refractivity contribution in [3.63, 3.8) is 0 Å². The fourth-order valence-corrected chi connectivity index (χ4v) is 3.66. The molecule has 0 aliphatic carbocycles. The Morgan fingerprint density at radius 3 is 2.79 bits per heavy atom. The average molecular weight is 386 g/mol. The minimum atomic E-state index is -0.356. The summed E-state index contributed by atoms with van der Waals surface area (Å²) >= 11 is 0. The number of likely N-dealkylation sites (tertiary alicyclic amines) is 1. The number of phenols is 1. The van der Waals surface area contributed by atoms with Gasteiger partial charge in [0.15, 0.2) is 0 Å². The molecule has 4 rings (SSSR count). The molecule has 1 aromatic heterocycles. The molecule has 0 unspecified atom stereocenters. The molecule has 2 fully saturated rings. The van der Waals surface area contributed by atoms with Crippen molar-refractivity contribution in [2.45, 2.75) is 25.3 Å². The second kappa shape index (κ2) is 7.93. The number of aromatic hydroxyl groups is 1. The highest BCUT2D eigenvalue weighted by Crippen LogP contribution is 2.25. The molecule has 1 aromatic carbocycles. The van der Waals surface area contributed by atoms with Gasteiger partial charge in [-0.05, 0) is 41.5 Å². The first-order valence-electron chi connectivity index (χ1n) is 9.36. The molecule has 3 heterocycles. The summed E-state index contributed by atoms with van der Waals surface area (Å²) in [6.07, 6.45) is 3.67. The van der Waals surface area contributed by atoms with E-state index in [2.05, 4.69) is 15.5 Å². The van der Waals surface area contributed by atoms with Gasteiger partial charge in [0.2, 0.25) is 5.91 Å². The molecule has 148 valence electrons. The summed E-state index contributed by atoms with van der Waals surface area (Å²) < 4.78 is 6.92. The fourth-order valence-electron chi connectivity index (χ4n) is 3.66. The number of carbonyl (C=O) groups is 2. The second-order valence-corrected chi connectivity index (χ2v) is 6.98. The molecule has 1 N–H and O–H groups in total. The Labute approximate surface area is 161 Å². The molecule has 0 saturated carbocycles. The normalized spacial score (nSPS) is 19.8. The van der Waals surface area contributed by atoms with Gasteiger partial charge in [-0.15, -0.1) is 5.10 Å². The summed E-state index contributed by atoms with van der Waals surface area (Å²) in [6, 6.07) is 4.25. The molecule has 2 saturated heterocycles. The topological polar surface area (TPSA) is 114 Å². The maximum atomic E-state index is 13.2. The molecular weight excluding hydrogens is 364 g/mol. The van der Waals surface area contributed by atoms with Crippen molar-refractivity contribution in [3.8, 4) is 11.4 Å². The number of rotatable bonds is 4. The molecule has 0 radical (unpaired) electrons. The maximum absolute atomic E-state index is 13.2. The van der Waals surface area contributed by atoms with Gasteiger partial charge in [-0.3, -0.25) is 9.59 Å². The van der Waals surface area contributed by atoms with Crippen molar-refractivity contribution in [3.05, 3.63) is 30.1 Å². The highest BCUT2D eigenvalue weighted by Gasteiger charge is 2.32. The van der Waals surface area contributed by atoms with Crippen LogP contribution in [0.4, 0.5) is 0 Å². The lowest BCUT2D eigenvalue weighted by Crippen LogP contribution is -2.50. The minimum Gasteiger partial charge on any atom is -0.507 e. The van der Waals surface area contributed by atoms with Crippen LogP contribution in [0.2, 0.25) is 0 Å². The van der Waals surface area contributed by atoms with Crippen LogP contribution in [0.1, 0.15) is 29.6 Å². The van der Waals surface area contributed by atoms with E-state index in [9.17, 15) is 14.7 Å². The van der Waals surface area contributed by atoms with Crippen LogP contribution in [0.5, 0.6) is 5.75 Å². The van der Waals surface area contributed by atoms with Crippen LogP contribution in [-0.4, -0.2) is 85.8 Å².